The summed E-state index contributed by atoms with van der Waals surface area (Å²) in [5.41, 5.74) is 5.99. The van der Waals surface area contributed by atoms with Crippen LogP contribution in [0.1, 0.15) is 30.9 Å². The molecule has 2 nitrogen and oxygen atoms in total. The fraction of sp³-hybridized carbons (Fsp3) is 0.417. The molecule has 0 aromatic heterocycles. The molecule has 2 aromatic rings. The predicted octanol–water partition coefficient (Wildman–Crippen LogP) is 5.10. The van der Waals surface area contributed by atoms with Crippen LogP contribution < -0.4 is 0 Å². The highest BCUT2D eigenvalue weighted by molar-refractivity contribution is 6.83. The number of rotatable bonds is 8. The first-order valence-corrected chi connectivity index (χ1v) is 13.4. The number of benzene rings is 2. The van der Waals surface area contributed by atoms with Gasteiger partial charge in [-0.1, -0.05) is 99.6 Å². The molecule has 27 heavy (non-hydrogen) atoms. The van der Waals surface area contributed by atoms with Gasteiger partial charge in [0.05, 0.1) is 12.1 Å². The number of hydrogen-bond acceptors (Lipinski definition) is 2. The van der Waals surface area contributed by atoms with Crippen LogP contribution in [0.4, 0.5) is 0 Å². The summed E-state index contributed by atoms with van der Waals surface area (Å²) in [6.45, 7) is 10.4. The fourth-order valence-electron chi connectivity index (χ4n) is 3.06. The van der Waals surface area contributed by atoms with Crippen LogP contribution in [0.5, 0.6) is 0 Å². The van der Waals surface area contributed by atoms with Gasteiger partial charge in [-0.3, -0.25) is 4.90 Å². The van der Waals surface area contributed by atoms with Crippen molar-refractivity contribution >= 4 is 8.07 Å². The summed E-state index contributed by atoms with van der Waals surface area (Å²) in [5.74, 6) is 3.47. The van der Waals surface area contributed by atoms with Crippen molar-refractivity contribution in [2.24, 2.45) is 0 Å². The molecule has 0 saturated carbocycles. The zero-order valence-corrected chi connectivity index (χ0v) is 18.2. The molecule has 0 radical (unpaired) electrons. The van der Waals surface area contributed by atoms with Crippen molar-refractivity contribution in [1.82, 2.24) is 4.90 Å². The van der Waals surface area contributed by atoms with Gasteiger partial charge < -0.3 is 5.11 Å². The topological polar surface area (TPSA) is 23.5 Å². The largest absolute Gasteiger partial charge is 0.390 e. The van der Waals surface area contributed by atoms with Gasteiger partial charge in [0.1, 0.15) is 8.07 Å². The molecule has 2 aromatic carbocycles. The van der Waals surface area contributed by atoms with Gasteiger partial charge in [0, 0.05) is 13.1 Å². The molecule has 0 aliphatic heterocycles. The first-order chi connectivity index (χ1) is 12.9. The Morgan fingerprint density at radius 2 is 1.37 bits per heavy atom. The van der Waals surface area contributed by atoms with Gasteiger partial charge in [0.2, 0.25) is 0 Å². The highest BCUT2D eigenvalue weighted by atomic mass is 28.3. The van der Waals surface area contributed by atoms with E-state index < -0.39 is 14.2 Å². The lowest BCUT2D eigenvalue weighted by Gasteiger charge is -2.32. The number of hydrogen-bond donors (Lipinski definition) is 1. The lowest BCUT2D eigenvalue weighted by molar-refractivity contribution is 0.0629. The minimum absolute atomic E-state index is 0.155. The zero-order chi connectivity index (χ0) is 19.7. The fourth-order valence-corrected chi connectivity index (χ4v) is 3.64. The molecule has 0 amide bonds. The smallest absolute Gasteiger partial charge is 0.129 e. The average molecular weight is 380 g/mol. The highest BCUT2D eigenvalue weighted by Crippen LogP contribution is 2.18. The van der Waals surface area contributed by atoms with Gasteiger partial charge in [0.25, 0.3) is 0 Å². The summed E-state index contributed by atoms with van der Waals surface area (Å²) in [6, 6.07) is 20.8. The molecule has 0 spiro atoms. The van der Waals surface area contributed by atoms with Gasteiger partial charge in [0.15, 0.2) is 0 Å². The summed E-state index contributed by atoms with van der Waals surface area (Å²) < 4.78 is 0. The number of aliphatic hydroxyl groups is 1. The van der Waals surface area contributed by atoms with E-state index in [2.05, 4.69) is 91.5 Å². The Morgan fingerprint density at radius 3 is 1.78 bits per heavy atom. The predicted molar refractivity (Wildman–Crippen MR) is 118 cm³/mol. The first kappa shape index (κ1) is 21.4. The summed E-state index contributed by atoms with van der Waals surface area (Å²) in [6.07, 6.45) is 1.29. The van der Waals surface area contributed by atoms with Crippen LogP contribution in [0.3, 0.4) is 0 Å². The molecule has 3 heteroatoms. The molecule has 0 heterocycles. The monoisotopic (exact) mass is 379 g/mol. The Labute approximate surface area is 166 Å². The van der Waals surface area contributed by atoms with Crippen LogP contribution >= 0.6 is 0 Å². The highest BCUT2D eigenvalue weighted by Gasteiger charge is 2.25. The summed E-state index contributed by atoms with van der Waals surface area (Å²) in [7, 11) is -1.52. The van der Waals surface area contributed by atoms with Gasteiger partial charge in [-0.15, -0.1) is 5.54 Å². The van der Waals surface area contributed by atoms with Crippen molar-refractivity contribution in [1.29, 1.82) is 0 Å². The van der Waals surface area contributed by atoms with E-state index in [9.17, 15) is 5.11 Å². The van der Waals surface area contributed by atoms with Crippen molar-refractivity contribution in [3.05, 3.63) is 71.8 Å². The minimum atomic E-state index is -1.52. The molecular formula is C24H33NOSi. The molecule has 0 aliphatic rings. The van der Waals surface area contributed by atoms with E-state index in [0.717, 1.165) is 25.9 Å². The second-order valence-corrected chi connectivity index (χ2v) is 12.9. The van der Waals surface area contributed by atoms with Crippen LogP contribution in [0.15, 0.2) is 60.7 Å². The maximum Gasteiger partial charge on any atom is 0.129 e. The van der Waals surface area contributed by atoms with Crippen molar-refractivity contribution in [3.8, 4) is 11.5 Å². The average Bonchev–Trinajstić information content (AvgIpc) is 2.63. The van der Waals surface area contributed by atoms with Crippen LogP contribution in [-0.4, -0.2) is 30.2 Å². The van der Waals surface area contributed by atoms with Crippen molar-refractivity contribution in [3.63, 3.8) is 0 Å². The van der Waals surface area contributed by atoms with E-state index in [0.29, 0.717) is 0 Å². The zero-order valence-electron chi connectivity index (χ0n) is 17.2. The molecular weight excluding hydrogens is 346 g/mol. The third kappa shape index (κ3) is 7.72. The molecule has 0 fully saturated rings. The molecule has 0 saturated heterocycles. The normalized spacial score (nSPS) is 13.7. The Hall–Kier alpha value is -1.86. The Balaban J connectivity index is 2.35. The van der Waals surface area contributed by atoms with Crippen LogP contribution in [-0.2, 0) is 13.1 Å². The molecule has 1 N–H and O–H groups in total. The Bertz CT molecular complexity index is 686. The van der Waals surface area contributed by atoms with E-state index in [1.54, 1.807) is 0 Å². The van der Waals surface area contributed by atoms with Crippen LogP contribution in [0, 0.1) is 11.5 Å². The Kier molecular flexibility index (Phi) is 8.31. The van der Waals surface area contributed by atoms with Gasteiger partial charge in [-0.2, -0.15) is 0 Å². The third-order valence-corrected chi connectivity index (χ3v) is 5.29. The van der Waals surface area contributed by atoms with Gasteiger partial charge in [-0.25, -0.2) is 0 Å². The molecule has 0 unspecified atom stereocenters. The third-order valence-electron chi connectivity index (χ3n) is 4.39. The number of aliphatic hydroxyl groups excluding tert-OH is 1. The molecule has 0 aliphatic carbocycles. The van der Waals surface area contributed by atoms with E-state index in [-0.39, 0.29) is 6.04 Å². The van der Waals surface area contributed by atoms with Crippen LogP contribution in [0.2, 0.25) is 19.6 Å². The standard InChI is InChI=1S/C24H33NOSi/c1-5-12-24(26)23(17-18-27(2,3)4)25(19-21-13-8-6-9-14-21)20-22-15-10-7-11-16-22/h6-11,13-16,23-24,26H,5,12,19-20H2,1-4H3/t23-,24+/m1/s1. The second kappa shape index (κ2) is 10.5. The van der Waals surface area contributed by atoms with Crippen molar-refractivity contribution < 1.29 is 5.11 Å². The summed E-state index contributed by atoms with van der Waals surface area (Å²) in [5, 5.41) is 10.9. The lowest BCUT2D eigenvalue weighted by Crippen LogP contribution is -2.42. The van der Waals surface area contributed by atoms with E-state index in [4.69, 9.17) is 0 Å². The second-order valence-electron chi connectivity index (χ2n) is 8.20. The maximum absolute atomic E-state index is 10.9. The SMILES string of the molecule is CCC[C@H](O)[C@@H](C#C[Si](C)(C)C)N(Cc1ccccc1)Cc1ccccc1. The van der Waals surface area contributed by atoms with Crippen molar-refractivity contribution in [2.45, 2.75) is 64.6 Å². The van der Waals surface area contributed by atoms with E-state index in [1.807, 2.05) is 12.1 Å². The minimum Gasteiger partial charge on any atom is -0.390 e. The van der Waals surface area contributed by atoms with Crippen molar-refractivity contribution in [2.75, 3.05) is 0 Å². The first-order valence-electron chi connectivity index (χ1n) is 9.91. The molecule has 144 valence electrons. The summed E-state index contributed by atoms with van der Waals surface area (Å²) in [4.78, 5) is 2.33. The van der Waals surface area contributed by atoms with E-state index >= 15 is 0 Å². The molecule has 0 bridgehead atoms. The van der Waals surface area contributed by atoms with E-state index in [1.165, 1.54) is 11.1 Å². The van der Waals surface area contributed by atoms with Gasteiger partial charge >= 0.3 is 0 Å². The molecule has 2 rings (SSSR count). The number of nitrogens with zero attached hydrogens (tertiary/aromatic N) is 1. The maximum atomic E-state index is 10.9. The quantitative estimate of drug-likeness (QED) is 0.509. The Morgan fingerprint density at radius 1 is 0.889 bits per heavy atom. The van der Waals surface area contributed by atoms with Crippen LogP contribution in [0.25, 0.3) is 0 Å². The molecule has 2 atom stereocenters. The van der Waals surface area contributed by atoms with Gasteiger partial charge in [-0.05, 0) is 17.5 Å². The summed E-state index contributed by atoms with van der Waals surface area (Å²) >= 11 is 0. The lowest BCUT2D eigenvalue weighted by atomic mass is 10.0.